The van der Waals surface area contributed by atoms with Crippen molar-refractivity contribution in [2.75, 3.05) is 26.2 Å². The van der Waals surface area contributed by atoms with Gasteiger partial charge in [0, 0.05) is 38.3 Å². The van der Waals surface area contributed by atoms with Gasteiger partial charge in [0.2, 0.25) is 0 Å². The van der Waals surface area contributed by atoms with Crippen LogP contribution in [-0.2, 0) is 6.54 Å². The van der Waals surface area contributed by atoms with E-state index in [-0.39, 0.29) is 5.91 Å². The third-order valence-electron chi connectivity index (χ3n) is 5.07. The van der Waals surface area contributed by atoms with Crippen molar-refractivity contribution < 1.29 is 4.79 Å². The van der Waals surface area contributed by atoms with E-state index in [1.807, 2.05) is 28.5 Å². The molecule has 3 nitrogen and oxygen atoms in total. The van der Waals surface area contributed by atoms with Gasteiger partial charge >= 0.3 is 0 Å². The molecule has 1 aliphatic rings. The summed E-state index contributed by atoms with van der Waals surface area (Å²) in [6.45, 7) is 4.53. The number of benzene rings is 2. The van der Waals surface area contributed by atoms with E-state index < -0.39 is 0 Å². The number of hydrogen-bond acceptors (Lipinski definition) is 3. The Bertz CT molecular complexity index is 876. The number of carbonyl (C=O) groups excluding carboxylic acids is 1. The van der Waals surface area contributed by atoms with Gasteiger partial charge in [-0.2, -0.15) is 0 Å². The van der Waals surface area contributed by atoms with E-state index in [2.05, 4.69) is 53.4 Å². The number of thiophene rings is 1. The summed E-state index contributed by atoms with van der Waals surface area (Å²) in [6, 6.07) is 22.8. The SMILES string of the molecule is O=C(c1sccc1-c1ccccc1)N1CCCN(Cc2ccccc2)CC1. The molecule has 0 spiro atoms. The first kappa shape index (κ1) is 18.0. The Labute approximate surface area is 164 Å². The van der Waals surface area contributed by atoms with Gasteiger partial charge < -0.3 is 4.90 Å². The average molecular weight is 377 g/mol. The van der Waals surface area contributed by atoms with Crippen molar-refractivity contribution in [1.82, 2.24) is 9.80 Å². The second-order valence-electron chi connectivity index (χ2n) is 6.94. The molecule has 1 aromatic heterocycles. The lowest BCUT2D eigenvalue weighted by Crippen LogP contribution is -2.34. The topological polar surface area (TPSA) is 23.6 Å². The largest absolute Gasteiger partial charge is 0.337 e. The van der Waals surface area contributed by atoms with Gasteiger partial charge in [-0.25, -0.2) is 0 Å². The van der Waals surface area contributed by atoms with Gasteiger partial charge in [-0.3, -0.25) is 9.69 Å². The van der Waals surface area contributed by atoms with E-state index in [1.165, 1.54) is 5.56 Å². The van der Waals surface area contributed by atoms with Crippen molar-refractivity contribution >= 4 is 17.2 Å². The number of carbonyl (C=O) groups is 1. The summed E-state index contributed by atoms with van der Waals surface area (Å²) in [4.78, 5) is 18.5. The maximum absolute atomic E-state index is 13.2. The molecule has 0 saturated carbocycles. The van der Waals surface area contributed by atoms with Gasteiger partial charge in [0.1, 0.15) is 0 Å². The fraction of sp³-hybridized carbons (Fsp3) is 0.261. The summed E-state index contributed by atoms with van der Waals surface area (Å²) >= 11 is 1.55. The highest BCUT2D eigenvalue weighted by atomic mass is 32.1. The van der Waals surface area contributed by atoms with Crippen LogP contribution in [0.25, 0.3) is 11.1 Å². The Morgan fingerprint density at radius 3 is 2.37 bits per heavy atom. The summed E-state index contributed by atoms with van der Waals surface area (Å²) in [5.74, 6) is 0.172. The molecule has 1 saturated heterocycles. The highest BCUT2D eigenvalue weighted by Gasteiger charge is 2.23. The van der Waals surface area contributed by atoms with Gasteiger partial charge in [0.25, 0.3) is 5.91 Å². The molecule has 2 aromatic carbocycles. The molecule has 4 heteroatoms. The average Bonchev–Trinajstić information content (AvgIpc) is 3.10. The fourth-order valence-electron chi connectivity index (χ4n) is 3.64. The summed E-state index contributed by atoms with van der Waals surface area (Å²) in [6.07, 6.45) is 1.02. The number of rotatable bonds is 4. The Kier molecular flexibility index (Phi) is 5.66. The van der Waals surface area contributed by atoms with Crippen LogP contribution >= 0.6 is 11.3 Å². The Hall–Kier alpha value is -2.43. The van der Waals surface area contributed by atoms with Crippen LogP contribution < -0.4 is 0 Å². The van der Waals surface area contributed by atoms with Crippen LogP contribution in [0.4, 0.5) is 0 Å². The quantitative estimate of drug-likeness (QED) is 0.655. The molecule has 3 aromatic rings. The minimum absolute atomic E-state index is 0.172. The first-order valence-corrected chi connectivity index (χ1v) is 10.4. The molecule has 0 radical (unpaired) electrons. The second-order valence-corrected chi connectivity index (χ2v) is 7.85. The van der Waals surface area contributed by atoms with E-state index in [0.29, 0.717) is 0 Å². The van der Waals surface area contributed by atoms with Gasteiger partial charge in [0.15, 0.2) is 0 Å². The molecule has 0 unspecified atom stereocenters. The lowest BCUT2D eigenvalue weighted by molar-refractivity contribution is 0.0766. The molecule has 1 aliphatic heterocycles. The Morgan fingerprint density at radius 2 is 1.59 bits per heavy atom. The van der Waals surface area contributed by atoms with Crippen molar-refractivity contribution in [2.45, 2.75) is 13.0 Å². The van der Waals surface area contributed by atoms with Crippen molar-refractivity contribution in [3.63, 3.8) is 0 Å². The zero-order valence-corrected chi connectivity index (χ0v) is 16.2. The first-order chi connectivity index (χ1) is 13.3. The maximum atomic E-state index is 13.2. The van der Waals surface area contributed by atoms with Crippen LogP contribution in [0.2, 0.25) is 0 Å². The third-order valence-corrected chi connectivity index (χ3v) is 5.97. The molecular formula is C23H24N2OS. The molecule has 27 heavy (non-hydrogen) atoms. The lowest BCUT2D eigenvalue weighted by atomic mass is 10.1. The molecule has 2 heterocycles. The van der Waals surface area contributed by atoms with Crippen LogP contribution in [0.15, 0.2) is 72.1 Å². The molecular weight excluding hydrogens is 352 g/mol. The molecule has 138 valence electrons. The summed E-state index contributed by atoms with van der Waals surface area (Å²) in [7, 11) is 0. The molecule has 0 N–H and O–H groups in total. The van der Waals surface area contributed by atoms with Crippen LogP contribution in [0.1, 0.15) is 21.7 Å². The molecule has 1 amide bonds. The van der Waals surface area contributed by atoms with Crippen LogP contribution in [-0.4, -0.2) is 41.9 Å². The third kappa shape index (κ3) is 4.29. The highest BCUT2D eigenvalue weighted by Crippen LogP contribution is 2.29. The standard InChI is InChI=1S/C23H24N2OS/c26-23(22-21(12-17-27-22)20-10-5-2-6-11-20)25-14-7-13-24(15-16-25)18-19-8-3-1-4-9-19/h1-6,8-12,17H,7,13-16,18H2. The van der Waals surface area contributed by atoms with Crippen molar-refractivity contribution in [2.24, 2.45) is 0 Å². The lowest BCUT2D eigenvalue weighted by Gasteiger charge is -2.22. The van der Waals surface area contributed by atoms with Gasteiger partial charge in [-0.05, 0) is 29.0 Å². The summed E-state index contributed by atoms with van der Waals surface area (Å²) in [5.41, 5.74) is 3.50. The number of nitrogens with zero attached hydrogens (tertiary/aromatic N) is 2. The second kappa shape index (κ2) is 8.51. The van der Waals surface area contributed by atoms with E-state index in [4.69, 9.17) is 0 Å². The monoisotopic (exact) mass is 376 g/mol. The molecule has 0 atom stereocenters. The smallest absolute Gasteiger partial charge is 0.264 e. The normalized spacial score (nSPS) is 15.5. The zero-order chi connectivity index (χ0) is 18.5. The predicted octanol–water partition coefficient (Wildman–Crippen LogP) is 4.76. The number of amides is 1. The minimum Gasteiger partial charge on any atom is -0.337 e. The molecule has 0 bridgehead atoms. The maximum Gasteiger partial charge on any atom is 0.264 e. The summed E-state index contributed by atoms with van der Waals surface area (Å²) < 4.78 is 0. The predicted molar refractivity (Wildman–Crippen MR) is 112 cm³/mol. The zero-order valence-electron chi connectivity index (χ0n) is 15.4. The van der Waals surface area contributed by atoms with Crippen molar-refractivity contribution in [3.8, 4) is 11.1 Å². The highest BCUT2D eigenvalue weighted by molar-refractivity contribution is 7.12. The van der Waals surface area contributed by atoms with E-state index in [9.17, 15) is 4.79 Å². The van der Waals surface area contributed by atoms with Crippen LogP contribution in [0, 0.1) is 0 Å². The molecule has 0 aliphatic carbocycles. The van der Waals surface area contributed by atoms with Crippen molar-refractivity contribution in [1.29, 1.82) is 0 Å². The number of hydrogen-bond donors (Lipinski definition) is 0. The van der Waals surface area contributed by atoms with E-state index >= 15 is 0 Å². The summed E-state index contributed by atoms with van der Waals surface area (Å²) in [5, 5.41) is 2.02. The van der Waals surface area contributed by atoms with Gasteiger partial charge in [0.05, 0.1) is 4.88 Å². The van der Waals surface area contributed by atoms with E-state index in [0.717, 1.165) is 55.1 Å². The van der Waals surface area contributed by atoms with Crippen molar-refractivity contribution in [3.05, 3.63) is 82.6 Å². The molecule has 4 rings (SSSR count). The first-order valence-electron chi connectivity index (χ1n) is 9.50. The fourth-order valence-corrected chi connectivity index (χ4v) is 4.52. The van der Waals surface area contributed by atoms with Gasteiger partial charge in [-0.15, -0.1) is 11.3 Å². The molecule has 1 fully saturated rings. The van der Waals surface area contributed by atoms with Crippen LogP contribution in [0.3, 0.4) is 0 Å². The Morgan fingerprint density at radius 1 is 0.852 bits per heavy atom. The van der Waals surface area contributed by atoms with E-state index in [1.54, 1.807) is 11.3 Å². The minimum atomic E-state index is 0.172. The van der Waals surface area contributed by atoms with Crippen LogP contribution in [0.5, 0.6) is 0 Å². The Balaban J connectivity index is 1.44. The van der Waals surface area contributed by atoms with Gasteiger partial charge in [-0.1, -0.05) is 60.7 Å².